The number of rotatable bonds is 6. The second kappa shape index (κ2) is 6.58. The van der Waals surface area contributed by atoms with Gasteiger partial charge in [-0.15, -0.1) is 0 Å². The van der Waals surface area contributed by atoms with Crippen LogP contribution in [0.5, 0.6) is 0 Å². The van der Waals surface area contributed by atoms with Crippen LogP contribution in [-0.4, -0.2) is 49.3 Å². The van der Waals surface area contributed by atoms with Gasteiger partial charge in [-0.25, -0.2) is 0 Å². The number of ether oxygens (including phenoxy) is 1. The van der Waals surface area contributed by atoms with Gasteiger partial charge < -0.3 is 10.1 Å². The molecule has 0 aliphatic carbocycles. The lowest BCUT2D eigenvalue weighted by molar-refractivity contribution is -0.0389. The van der Waals surface area contributed by atoms with Crippen LogP contribution in [0.25, 0.3) is 0 Å². The maximum atomic E-state index is 5.77. The van der Waals surface area contributed by atoms with E-state index in [4.69, 9.17) is 4.74 Å². The maximum absolute atomic E-state index is 5.77. The van der Waals surface area contributed by atoms with Crippen molar-refractivity contribution in [2.45, 2.75) is 52.2 Å². The molecule has 1 N–H and O–H groups in total. The van der Waals surface area contributed by atoms with Crippen LogP contribution in [0.2, 0.25) is 0 Å². The minimum Gasteiger partial charge on any atom is -0.375 e. The summed E-state index contributed by atoms with van der Waals surface area (Å²) in [6.07, 6.45) is 2.62. The quantitative estimate of drug-likeness (QED) is 0.751. The summed E-state index contributed by atoms with van der Waals surface area (Å²) >= 11 is 0. The Kier molecular flexibility index (Phi) is 5.73. The lowest BCUT2D eigenvalue weighted by Gasteiger charge is -2.38. The van der Waals surface area contributed by atoms with E-state index >= 15 is 0 Å². The van der Waals surface area contributed by atoms with Crippen LogP contribution in [0.15, 0.2) is 0 Å². The van der Waals surface area contributed by atoms with Gasteiger partial charge in [-0.3, -0.25) is 4.90 Å². The molecule has 1 saturated heterocycles. The van der Waals surface area contributed by atoms with E-state index in [1.807, 2.05) is 0 Å². The number of likely N-dealkylation sites (N-methyl/N-ethyl adjacent to an activating group) is 1. The van der Waals surface area contributed by atoms with Gasteiger partial charge in [-0.05, 0) is 46.7 Å². The predicted octanol–water partition coefficient (Wildman–Crippen LogP) is 1.88. The van der Waals surface area contributed by atoms with Crippen molar-refractivity contribution in [1.29, 1.82) is 0 Å². The minimum atomic E-state index is -0.0111. The van der Waals surface area contributed by atoms with Gasteiger partial charge in [-0.1, -0.05) is 6.92 Å². The van der Waals surface area contributed by atoms with Crippen LogP contribution in [0.4, 0.5) is 0 Å². The second-order valence-electron chi connectivity index (χ2n) is 5.32. The van der Waals surface area contributed by atoms with Crippen LogP contribution >= 0.6 is 0 Å². The molecular weight excluding hydrogens is 200 g/mol. The minimum absolute atomic E-state index is 0.0111. The largest absolute Gasteiger partial charge is 0.375 e. The zero-order chi connectivity index (χ0) is 12.0. The van der Waals surface area contributed by atoms with E-state index in [1.165, 1.54) is 25.9 Å². The monoisotopic (exact) mass is 228 g/mol. The van der Waals surface area contributed by atoms with E-state index in [1.54, 1.807) is 0 Å². The Morgan fingerprint density at radius 1 is 1.38 bits per heavy atom. The highest BCUT2D eigenvalue weighted by Crippen LogP contribution is 2.16. The highest BCUT2D eigenvalue weighted by molar-refractivity contribution is 4.82. The van der Waals surface area contributed by atoms with Crippen molar-refractivity contribution >= 4 is 0 Å². The van der Waals surface area contributed by atoms with Gasteiger partial charge in [0.25, 0.3) is 0 Å². The van der Waals surface area contributed by atoms with Crippen molar-refractivity contribution in [2.75, 3.05) is 32.8 Å². The van der Waals surface area contributed by atoms with Gasteiger partial charge in [0, 0.05) is 25.7 Å². The molecule has 1 aliphatic heterocycles. The van der Waals surface area contributed by atoms with E-state index in [9.17, 15) is 0 Å². The summed E-state index contributed by atoms with van der Waals surface area (Å²) in [5.41, 5.74) is -0.0111. The molecule has 0 saturated carbocycles. The normalized spacial score (nSPS) is 23.6. The standard InChI is InChI=1S/C13H28N2O/c1-5-14-12-8-7-9-15(10-12)11-13(3,4)16-6-2/h12,14H,5-11H2,1-4H3. The van der Waals surface area contributed by atoms with Gasteiger partial charge in [0.15, 0.2) is 0 Å². The molecule has 0 spiro atoms. The van der Waals surface area contributed by atoms with E-state index in [0.29, 0.717) is 6.04 Å². The van der Waals surface area contributed by atoms with Crippen molar-refractivity contribution in [2.24, 2.45) is 0 Å². The third-order valence-corrected chi connectivity index (χ3v) is 3.14. The van der Waals surface area contributed by atoms with Gasteiger partial charge in [0.1, 0.15) is 0 Å². The molecule has 1 fully saturated rings. The number of hydrogen-bond donors (Lipinski definition) is 1. The summed E-state index contributed by atoms with van der Waals surface area (Å²) in [5.74, 6) is 0. The summed E-state index contributed by atoms with van der Waals surface area (Å²) < 4.78 is 5.77. The highest BCUT2D eigenvalue weighted by atomic mass is 16.5. The van der Waals surface area contributed by atoms with Crippen molar-refractivity contribution in [3.63, 3.8) is 0 Å². The van der Waals surface area contributed by atoms with Crippen LogP contribution in [0, 0.1) is 0 Å². The maximum Gasteiger partial charge on any atom is 0.0752 e. The van der Waals surface area contributed by atoms with E-state index < -0.39 is 0 Å². The van der Waals surface area contributed by atoms with E-state index in [2.05, 4.69) is 37.9 Å². The molecule has 96 valence electrons. The predicted molar refractivity (Wildman–Crippen MR) is 68.8 cm³/mol. The summed E-state index contributed by atoms with van der Waals surface area (Å²) in [6, 6.07) is 0.677. The Bertz CT molecular complexity index is 192. The first-order valence-corrected chi connectivity index (χ1v) is 6.67. The molecule has 0 aromatic carbocycles. The molecule has 0 radical (unpaired) electrons. The summed E-state index contributed by atoms with van der Waals surface area (Å²) in [5, 5.41) is 3.55. The second-order valence-corrected chi connectivity index (χ2v) is 5.32. The molecule has 1 atom stereocenters. The fourth-order valence-electron chi connectivity index (χ4n) is 2.63. The molecule has 1 aliphatic rings. The van der Waals surface area contributed by atoms with E-state index in [-0.39, 0.29) is 5.60 Å². The van der Waals surface area contributed by atoms with Crippen molar-refractivity contribution in [3.8, 4) is 0 Å². The Morgan fingerprint density at radius 2 is 2.12 bits per heavy atom. The first-order chi connectivity index (χ1) is 7.57. The zero-order valence-corrected chi connectivity index (χ0v) is 11.4. The molecule has 3 heteroatoms. The van der Waals surface area contributed by atoms with Crippen LogP contribution in [0.3, 0.4) is 0 Å². The number of nitrogens with one attached hydrogen (secondary N) is 1. The Balaban J connectivity index is 2.36. The van der Waals surface area contributed by atoms with Crippen LogP contribution < -0.4 is 5.32 Å². The van der Waals surface area contributed by atoms with Gasteiger partial charge in [0.2, 0.25) is 0 Å². The first-order valence-electron chi connectivity index (χ1n) is 6.67. The number of piperidine rings is 1. The third-order valence-electron chi connectivity index (χ3n) is 3.14. The Hall–Kier alpha value is -0.120. The summed E-state index contributed by atoms with van der Waals surface area (Å²) in [7, 11) is 0. The molecule has 16 heavy (non-hydrogen) atoms. The fourth-order valence-corrected chi connectivity index (χ4v) is 2.63. The number of hydrogen-bond acceptors (Lipinski definition) is 3. The molecule has 1 unspecified atom stereocenters. The van der Waals surface area contributed by atoms with Crippen molar-refractivity contribution in [3.05, 3.63) is 0 Å². The highest BCUT2D eigenvalue weighted by Gasteiger charge is 2.26. The van der Waals surface area contributed by atoms with Crippen molar-refractivity contribution < 1.29 is 4.74 Å². The SMILES string of the molecule is CCNC1CCCN(CC(C)(C)OCC)C1. The first kappa shape index (κ1) is 13.9. The molecule has 0 aromatic heterocycles. The molecule has 0 aromatic rings. The molecule has 3 nitrogen and oxygen atoms in total. The molecule has 0 amide bonds. The average molecular weight is 228 g/mol. The molecular formula is C13H28N2O. The number of nitrogens with zero attached hydrogens (tertiary/aromatic N) is 1. The summed E-state index contributed by atoms with van der Waals surface area (Å²) in [4.78, 5) is 2.53. The molecule has 1 rings (SSSR count). The smallest absolute Gasteiger partial charge is 0.0752 e. The lowest BCUT2D eigenvalue weighted by atomic mass is 10.0. The van der Waals surface area contributed by atoms with Gasteiger partial charge in [0.05, 0.1) is 5.60 Å². The van der Waals surface area contributed by atoms with Crippen molar-refractivity contribution in [1.82, 2.24) is 10.2 Å². The molecule has 1 heterocycles. The third kappa shape index (κ3) is 4.81. The van der Waals surface area contributed by atoms with Crippen LogP contribution in [0.1, 0.15) is 40.5 Å². The Labute approximate surface area is 101 Å². The van der Waals surface area contributed by atoms with E-state index in [0.717, 1.165) is 19.7 Å². The summed E-state index contributed by atoms with van der Waals surface area (Å²) in [6.45, 7) is 13.9. The lowest BCUT2D eigenvalue weighted by Crippen LogP contribution is -2.50. The topological polar surface area (TPSA) is 24.5 Å². The number of likely N-dealkylation sites (tertiary alicyclic amines) is 1. The molecule has 0 bridgehead atoms. The van der Waals surface area contributed by atoms with Gasteiger partial charge in [-0.2, -0.15) is 0 Å². The van der Waals surface area contributed by atoms with Crippen LogP contribution in [-0.2, 0) is 4.74 Å². The zero-order valence-electron chi connectivity index (χ0n) is 11.4. The Morgan fingerprint density at radius 3 is 2.75 bits per heavy atom. The van der Waals surface area contributed by atoms with Gasteiger partial charge >= 0.3 is 0 Å². The average Bonchev–Trinajstić information content (AvgIpc) is 2.17. The fraction of sp³-hybridized carbons (Fsp3) is 1.00.